The zero-order chi connectivity index (χ0) is 18.6. The number of pyridine rings is 1. The van der Waals surface area contributed by atoms with Gasteiger partial charge in [0.25, 0.3) is 0 Å². The number of halogens is 3. The first-order chi connectivity index (χ1) is 12.5. The standard InChI is InChI=1S/C22H26F3N/c1-2-3-4-16-5-7-17(8-6-16)18-9-11-19(12-10-18)20-13-14-21(26-15-20)22(23,24)25/h9-17H,2-8H2,1H3. The monoisotopic (exact) mass is 361 g/mol. The zero-order valence-electron chi connectivity index (χ0n) is 15.2. The van der Waals surface area contributed by atoms with Crippen LogP contribution in [0.15, 0.2) is 42.6 Å². The minimum Gasteiger partial charge on any atom is -0.251 e. The van der Waals surface area contributed by atoms with Crippen molar-refractivity contribution in [3.63, 3.8) is 0 Å². The van der Waals surface area contributed by atoms with E-state index in [0.717, 1.165) is 17.5 Å². The molecular formula is C22H26F3N. The molecule has 1 nitrogen and oxygen atoms in total. The van der Waals surface area contributed by atoms with Crippen LogP contribution in [0.3, 0.4) is 0 Å². The summed E-state index contributed by atoms with van der Waals surface area (Å²) in [6.45, 7) is 2.25. The number of rotatable bonds is 5. The lowest BCUT2D eigenvalue weighted by atomic mass is 9.77. The van der Waals surface area contributed by atoms with Gasteiger partial charge in [0.15, 0.2) is 0 Å². The van der Waals surface area contributed by atoms with Gasteiger partial charge in [-0.25, -0.2) is 0 Å². The first-order valence-corrected chi connectivity index (χ1v) is 9.61. The first kappa shape index (κ1) is 18.9. The predicted octanol–water partition coefficient (Wildman–Crippen LogP) is 7.23. The Kier molecular flexibility index (Phi) is 6.00. The molecule has 0 amide bonds. The summed E-state index contributed by atoms with van der Waals surface area (Å²) in [5.41, 5.74) is 2.12. The molecule has 0 spiro atoms. The molecule has 0 radical (unpaired) electrons. The van der Waals surface area contributed by atoms with Crippen molar-refractivity contribution in [1.29, 1.82) is 0 Å². The lowest BCUT2D eigenvalue weighted by Crippen LogP contribution is -2.13. The Morgan fingerprint density at radius 3 is 2.12 bits per heavy atom. The van der Waals surface area contributed by atoms with Gasteiger partial charge in [0.2, 0.25) is 0 Å². The van der Waals surface area contributed by atoms with Gasteiger partial charge in [0.05, 0.1) is 0 Å². The number of unbranched alkanes of at least 4 members (excludes halogenated alkanes) is 1. The van der Waals surface area contributed by atoms with Gasteiger partial charge in [-0.05, 0) is 54.7 Å². The second kappa shape index (κ2) is 8.24. The number of hydrogen-bond acceptors (Lipinski definition) is 1. The lowest BCUT2D eigenvalue weighted by Gasteiger charge is -2.29. The van der Waals surface area contributed by atoms with E-state index in [9.17, 15) is 13.2 Å². The Morgan fingerprint density at radius 2 is 1.58 bits per heavy atom. The summed E-state index contributed by atoms with van der Waals surface area (Å²) in [5.74, 6) is 1.51. The summed E-state index contributed by atoms with van der Waals surface area (Å²) in [7, 11) is 0. The first-order valence-electron chi connectivity index (χ1n) is 9.61. The van der Waals surface area contributed by atoms with Crippen LogP contribution in [-0.2, 0) is 6.18 Å². The molecule has 0 unspecified atom stereocenters. The fourth-order valence-corrected chi connectivity index (χ4v) is 3.96. The highest BCUT2D eigenvalue weighted by Crippen LogP contribution is 2.38. The zero-order valence-corrected chi connectivity index (χ0v) is 15.2. The van der Waals surface area contributed by atoms with E-state index in [4.69, 9.17) is 0 Å². The summed E-state index contributed by atoms with van der Waals surface area (Å²) in [6, 6.07) is 10.8. The van der Waals surface area contributed by atoms with Crippen molar-refractivity contribution >= 4 is 0 Å². The summed E-state index contributed by atoms with van der Waals surface area (Å²) in [6.07, 6.45) is 6.01. The van der Waals surface area contributed by atoms with Crippen LogP contribution in [0, 0.1) is 5.92 Å². The van der Waals surface area contributed by atoms with E-state index in [1.165, 1.54) is 62.8 Å². The van der Waals surface area contributed by atoms with Gasteiger partial charge in [0.1, 0.15) is 5.69 Å². The summed E-state index contributed by atoms with van der Waals surface area (Å²) in [5, 5.41) is 0. The van der Waals surface area contributed by atoms with Crippen LogP contribution in [0.4, 0.5) is 13.2 Å². The van der Waals surface area contributed by atoms with E-state index in [1.807, 2.05) is 12.1 Å². The second-order valence-electron chi connectivity index (χ2n) is 7.41. The maximum Gasteiger partial charge on any atom is 0.433 e. The van der Waals surface area contributed by atoms with E-state index >= 15 is 0 Å². The van der Waals surface area contributed by atoms with Crippen LogP contribution in [0.1, 0.15) is 69.0 Å². The van der Waals surface area contributed by atoms with Gasteiger partial charge in [-0.15, -0.1) is 0 Å². The molecule has 1 aliphatic rings. The van der Waals surface area contributed by atoms with Gasteiger partial charge in [-0.2, -0.15) is 13.2 Å². The molecular weight excluding hydrogens is 335 g/mol. The molecule has 140 valence electrons. The molecule has 3 rings (SSSR count). The molecule has 0 bridgehead atoms. The van der Waals surface area contributed by atoms with Crippen LogP contribution in [0.25, 0.3) is 11.1 Å². The Morgan fingerprint density at radius 1 is 0.923 bits per heavy atom. The van der Waals surface area contributed by atoms with E-state index in [1.54, 1.807) is 0 Å². The van der Waals surface area contributed by atoms with Gasteiger partial charge in [-0.3, -0.25) is 4.98 Å². The Balaban J connectivity index is 1.62. The highest BCUT2D eigenvalue weighted by molar-refractivity contribution is 5.62. The minimum absolute atomic E-state index is 0.618. The second-order valence-corrected chi connectivity index (χ2v) is 7.41. The van der Waals surface area contributed by atoms with Crippen LogP contribution in [-0.4, -0.2) is 4.98 Å². The Hall–Kier alpha value is -1.84. The number of aromatic nitrogens is 1. The molecule has 4 heteroatoms. The molecule has 1 aliphatic carbocycles. The van der Waals surface area contributed by atoms with Gasteiger partial charge in [-0.1, -0.05) is 56.5 Å². The molecule has 1 fully saturated rings. The van der Waals surface area contributed by atoms with Crippen LogP contribution >= 0.6 is 0 Å². The van der Waals surface area contributed by atoms with Crippen molar-refractivity contribution in [2.75, 3.05) is 0 Å². The smallest absolute Gasteiger partial charge is 0.251 e. The Bertz CT molecular complexity index is 681. The number of hydrogen-bond donors (Lipinski definition) is 0. The van der Waals surface area contributed by atoms with Gasteiger partial charge < -0.3 is 0 Å². The molecule has 26 heavy (non-hydrogen) atoms. The van der Waals surface area contributed by atoms with E-state index in [2.05, 4.69) is 24.0 Å². The van der Waals surface area contributed by atoms with Crippen molar-refractivity contribution in [3.8, 4) is 11.1 Å². The summed E-state index contributed by atoms with van der Waals surface area (Å²) >= 11 is 0. The van der Waals surface area contributed by atoms with E-state index in [0.29, 0.717) is 11.5 Å². The molecule has 0 N–H and O–H groups in total. The molecule has 1 aromatic carbocycles. The van der Waals surface area contributed by atoms with Crippen LogP contribution in [0.2, 0.25) is 0 Å². The maximum atomic E-state index is 12.6. The van der Waals surface area contributed by atoms with Crippen molar-refractivity contribution in [3.05, 3.63) is 53.9 Å². The molecule has 1 aromatic heterocycles. The summed E-state index contributed by atoms with van der Waals surface area (Å²) < 4.78 is 37.8. The normalized spacial score (nSPS) is 20.9. The third-order valence-corrected chi connectivity index (χ3v) is 5.58. The minimum atomic E-state index is -4.39. The third kappa shape index (κ3) is 4.66. The third-order valence-electron chi connectivity index (χ3n) is 5.58. The average Bonchev–Trinajstić information content (AvgIpc) is 2.66. The summed E-state index contributed by atoms with van der Waals surface area (Å²) in [4.78, 5) is 3.55. The molecule has 1 saturated carbocycles. The predicted molar refractivity (Wildman–Crippen MR) is 98.9 cm³/mol. The lowest BCUT2D eigenvalue weighted by molar-refractivity contribution is -0.141. The molecule has 0 atom stereocenters. The highest BCUT2D eigenvalue weighted by atomic mass is 19.4. The quantitative estimate of drug-likeness (QED) is 0.547. The topological polar surface area (TPSA) is 12.9 Å². The van der Waals surface area contributed by atoms with Crippen molar-refractivity contribution < 1.29 is 13.2 Å². The van der Waals surface area contributed by atoms with E-state index < -0.39 is 11.9 Å². The van der Waals surface area contributed by atoms with E-state index in [-0.39, 0.29) is 0 Å². The highest BCUT2D eigenvalue weighted by Gasteiger charge is 2.32. The average molecular weight is 361 g/mol. The molecule has 0 saturated heterocycles. The molecule has 0 aliphatic heterocycles. The maximum absolute atomic E-state index is 12.6. The molecule has 2 aromatic rings. The Labute approximate surface area is 153 Å². The number of nitrogens with zero attached hydrogens (tertiary/aromatic N) is 1. The number of alkyl halides is 3. The fraction of sp³-hybridized carbons (Fsp3) is 0.500. The fourth-order valence-electron chi connectivity index (χ4n) is 3.96. The van der Waals surface area contributed by atoms with Gasteiger partial charge >= 0.3 is 6.18 Å². The number of benzene rings is 1. The molecule has 1 heterocycles. The van der Waals surface area contributed by atoms with Crippen molar-refractivity contribution in [2.24, 2.45) is 5.92 Å². The van der Waals surface area contributed by atoms with Gasteiger partial charge in [0, 0.05) is 11.8 Å². The SMILES string of the molecule is CCCCC1CCC(c2ccc(-c3ccc(C(F)(F)F)nc3)cc2)CC1. The van der Waals surface area contributed by atoms with Crippen LogP contribution in [0.5, 0.6) is 0 Å². The van der Waals surface area contributed by atoms with Crippen LogP contribution < -0.4 is 0 Å². The van der Waals surface area contributed by atoms with Crippen molar-refractivity contribution in [2.45, 2.75) is 64.0 Å². The van der Waals surface area contributed by atoms with Crippen molar-refractivity contribution in [1.82, 2.24) is 4.98 Å². The largest absolute Gasteiger partial charge is 0.433 e.